The Labute approximate surface area is 117 Å². The first-order valence-electron chi connectivity index (χ1n) is 5.74. The Balaban J connectivity index is 2.17. The lowest BCUT2D eigenvalue weighted by molar-refractivity contribution is 0.933. The number of rotatable bonds is 4. The molecule has 2 rings (SSSR count). The van der Waals surface area contributed by atoms with Gasteiger partial charge in [-0.2, -0.15) is 0 Å². The molecule has 1 atom stereocenters. The molecule has 94 valence electrons. The molecule has 18 heavy (non-hydrogen) atoms. The highest BCUT2D eigenvalue weighted by Gasteiger charge is 2.12. The first-order valence-corrected chi connectivity index (χ1v) is 6.99. The van der Waals surface area contributed by atoms with Crippen LogP contribution in [-0.2, 0) is 0 Å². The van der Waals surface area contributed by atoms with Gasteiger partial charge in [-0.05, 0) is 24.6 Å². The summed E-state index contributed by atoms with van der Waals surface area (Å²) in [5.41, 5.74) is 8.34. The Hall–Kier alpha value is -1.03. The van der Waals surface area contributed by atoms with Crippen LogP contribution in [0.2, 0.25) is 5.02 Å². The molecule has 0 saturated carbocycles. The highest BCUT2D eigenvalue weighted by atomic mass is 35.5. The average Bonchev–Trinajstić information content (AvgIpc) is 2.38. The van der Waals surface area contributed by atoms with Gasteiger partial charge in [-0.3, -0.25) is 0 Å². The van der Waals surface area contributed by atoms with Crippen LogP contribution in [0.1, 0.15) is 16.4 Å². The largest absolute Gasteiger partial charge is 0.329 e. The van der Waals surface area contributed by atoms with E-state index in [0.717, 1.165) is 5.03 Å². The summed E-state index contributed by atoms with van der Waals surface area (Å²) in [7, 11) is 0. The summed E-state index contributed by atoms with van der Waals surface area (Å²) in [5, 5.41) is 1.81. The number of pyridine rings is 1. The molecule has 0 amide bonds. The van der Waals surface area contributed by atoms with Crippen molar-refractivity contribution in [3.05, 3.63) is 58.7 Å². The molecule has 2 N–H and O–H groups in total. The van der Waals surface area contributed by atoms with E-state index in [9.17, 15) is 0 Å². The summed E-state index contributed by atoms with van der Waals surface area (Å²) in [6, 6.07) is 12.2. The van der Waals surface area contributed by atoms with Crippen molar-refractivity contribution in [3.8, 4) is 0 Å². The highest BCUT2D eigenvalue weighted by molar-refractivity contribution is 7.99. The minimum absolute atomic E-state index is 0.221. The molecule has 2 aromatic rings. The molecule has 0 bridgehead atoms. The van der Waals surface area contributed by atoms with Crippen LogP contribution in [0.3, 0.4) is 0 Å². The normalized spacial score (nSPS) is 12.4. The summed E-state index contributed by atoms with van der Waals surface area (Å²) in [6.07, 6.45) is 1.66. The Bertz CT molecular complexity index is 513. The van der Waals surface area contributed by atoms with E-state index in [1.54, 1.807) is 18.0 Å². The second-order valence-corrected chi connectivity index (χ2v) is 5.73. The van der Waals surface area contributed by atoms with Gasteiger partial charge in [0, 0.05) is 18.0 Å². The van der Waals surface area contributed by atoms with E-state index in [-0.39, 0.29) is 5.25 Å². The van der Waals surface area contributed by atoms with Crippen molar-refractivity contribution in [2.45, 2.75) is 17.2 Å². The summed E-state index contributed by atoms with van der Waals surface area (Å²) in [6.45, 7) is 2.67. The number of hydrogen-bond acceptors (Lipinski definition) is 3. The summed E-state index contributed by atoms with van der Waals surface area (Å²) in [4.78, 5) is 4.29. The van der Waals surface area contributed by atoms with E-state index in [1.165, 1.54) is 11.1 Å². The monoisotopic (exact) mass is 278 g/mol. The lowest BCUT2D eigenvalue weighted by atomic mass is 10.1. The van der Waals surface area contributed by atoms with Crippen LogP contribution in [0.5, 0.6) is 0 Å². The SMILES string of the molecule is Cc1cccc(C(CN)Sc2ccc(Cl)cn2)c1. The van der Waals surface area contributed by atoms with Crippen molar-refractivity contribution in [1.29, 1.82) is 0 Å². The maximum atomic E-state index is 5.86. The van der Waals surface area contributed by atoms with Gasteiger partial charge in [0.2, 0.25) is 0 Å². The number of benzene rings is 1. The van der Waals surface area contributed by atoms with E-state index >= 15 is 0 Å². The fourth-order valence-corrected chi connectivity index (χ4v) is 2.74. The van der Waals surface area contributed by atoms with E-state index in [1.807, 2.05) is 12.1 Å². The van der Waals surface area contributed by atoms with E-state index in [0.29, 0.717) is 11.6 Å². The summed E-state index contributed by atoms with van der Waals surface area (Å²) >= 11 is 7.49. The first-order chi connectivity index (χ1) is 8.69. The van der Waals surface area contributed by atoms with Gasteiger partial charge in [-0.1, -0.05) is 53.2 Å². The lowest BCUT2D eigenvalue weighted by Gasteiger charge is -2.14. The minimum Gasteiger partial charge on any atom is -0.329 e. The minimum atomic E-state index is 0.221. The number of nitrogens with two attached hydrogens (primary N) is 1. The van der Waals surface area contributed by atoms with Crippen LogP contribution in [0.15, 0.2) is 47.6 Å². The third-order valence-corrected chi connectivity index (χ3v) is 4.05. The number of nitrogens with zero attached hydrogens (tertiary/aromatic N) is 1. The molecule has 0 aliphatic heterocycles. The van der Waals surface area contributed by atoms with Crippen molar-refractivity contribution in [2.24, 2.45) is 5.73 Å². The standard InChI is InChI=1S/C14H15ClN2S/c1-10-3-2-4-11(7-10)13(8-16)18-14-6-5-12(15)9-17-14/h2-7,9,13H,8,16H2,1H3. The topological polar surface area (TPSA) is 38.9 Å². The number of aryl methyl sites for hydroxylation is 1. The van der Waals surface area contributed by atoms with Crippen LogP contribution in [-0.4, -0.2) is 11.5 Å². The zero-order valence-corrected chi connectivity index (χ0v) is 11.7. The zero-order chi connectivity index (χ0) is 13.0. The first kappa shape index (κ1) is 13.4. The van der Waals surface area contributed by atoms with Gasteiger partial charge < -0.3 is 5.73 Å². The highest BCUT2D eigenvalue weighted by Crippen LogP contribution is 2.33. The van der Waals surface area contributed by atoms with Crippen molar-refractivity contribution < 1.29 is 0 Å². The van der Waals surface area contributed by atoms with E-state index in [4.69, 9.17) is 17.3 Å². The fourth-order valence-electron chi connectivity index (χ4n) is 1.70. The van der Waals surface area contributed by atoms with Crippen LogP contribution in [0.4, 0.5) is 0 Å². The molecule has 1 aromatic heterocycles. The predicted molar refractivity (Wildman–Crippen MR) is 78.1 cm³/mol. The molecule has 2 nitrogen and oxygen atoms in total. The van der Waals surface area contributed by atoms with Gasteiger partial charge in [0.1, 0.15) is 0 Å². The van der Waals surface area contributed by atoms with Gasteiger partial charge in [0.05, 0.1) is 10.0 Å². The molecule has 1 aromatic carbocycles. The molecule has 0 aliphatic carbocycles. The third kappa shape index (κ3) is 3.48. The number of halogens is 1. The Kier molecular flexibility index (Phi) is 4.64. The van der Waals surface area contributed by atoms with E-state index < -0.39 is 0 Å². The average molecular weight is 279 g/mol. The predicted octanol–water partition coefficient (Wildman–Crippen LogP) is 3.84. The summed E-state index contributed by atoms with van der Waals surface area (Å²) < 4.78 is 0. The molecule has 1 heterocycles. The van der Waals surface area contributed by atoms with Gasteiger partial charge >= 0.3 is 0 Å². The third-order valence-electron chi connectivity index (χ3n) is 2.59. The molecular formula is C14H15ClN2S. The van der Waals surface area contributed by atoms with Gasteiger partial charge in [0.15, 0.2) is 0 Å². The molecule has 0 aliphatic rings. The van der Waals surface area contributed by atoms with Gasteiger partial charge in [-0.15, -0.1) is 0 Å². The Morgan fingerprint density at radius 1 is 1.33 bits per heavy atom. The van der Waals surface area contributed by atoms with Gasteiger partial charge in [-0.25, -0.2) is 4.98 Å². The zero-order valence-electron chi connectivity index (χ0n) is 10.1. The van der Waals surface area contributed by atoms with Crippen LogP contribution < -0.4 is 5.73 Å². The Morgan fingerprint density at radius 2 is 2.17 bits per heavy atom. The Morgan fingerprint density at radius 3 is 2.78 bits per heavy atom. The number of aromatic nitrogens is 1. The number of thioether (sulfide) groups is 1. The van der Waals surface area contributed by atoms with Crippen molar-refractivity contribution in [3.63, 3.8) is 0 Å². The van der Waals surface area contributed by atoms with Crippen LogP contribution in [0.25, 0.3) is 0 Å². The van der Waals surface area contributed by atoms with Crippen LogP contribution in [0, 0.1) is 6.92 Å². The van der Waals surface area contributed by atoms with Crippen molar-refractivity contribution in [1.82, 2.24) is 4.98 Å². The van der Waals surface area contributed by atoms with Gasteiger partial charge in [0.25, 0.3) is 0 Å². The number of hydrogen-bond donors (Lipinski definition) is 1. The molecule has 0 fully saturated rings. The maximum Gasteiger partial charge on any atom is 0.0967 e. The van der Waals surface area contributed by atoms with Crippen molar-refractivity contribution >= 4 is 23.4 Å². The molecule has 0 radical (unpaired) electrons. The quantitative estimate of drug-likeness (QED) is 0.864. The smallest absolute Gasteiger partial charge is 0.0967 e. The molecule has 0 saturated heterocycles. The fraction of sp³-hybridized carbons (Fsp3) is 0.214. The second kappa shape index (κ2) is 6.23. The lowest BCUT2D eigenvalue weighted by Crippen LogP contribution is -2.09. The maximum absolute atomic E-state index is 5.86. The molecular weight excluding hydrogens is 264 g/mol. The van der Waals surface area contributed by atoms with Crippen LogP contribution >= 0.6 is 23.4 Å². The molecule has 0 spiro atoms. The van der Waals surface area contributed by atoms with E-state index in [2.05, 4.69) is 36.2 Å². The summed E-state index contributed by atoms with van der Waals surface area (Å²) in [5.74, 6) is 0. The van der Waals surface area contributed by atoms with Crippen molar-refractivity contribution in [2.75, 3.05) is 6.54 Å². The molecule has 1 unspecified atom stereocenters. The second-order valence-electron chi connectivity index (χ2n) is 4.07. The molecule has 4 heteroatoms.